The molecule has 0 N–H and O–H groups in total. The van der Waals surface area contributed by atoms with Gasteiger partial charge >= 0.3 is 0 Å². The molecule has 0 unspecified atom stereocenters. The second-order valence-corrected chi connectivity index (χ2v) is 7.16. The Morgan fingerprint density at radius 3 is 2.20 bits per heavy atom. The maximum absolute atomic E-state index is 13.7. The van der Waals surface area contributed by atoms with Crippen molar-refractivity contribution >= 4 is 11.6 Å². The molecule has 0 saturated heterocycles. The van der Waals surface area contributed by atoms with Crippen molar-refractivity contribution < 1.29 is 4.79 Å². The van der Waals surface area contributed by atoms with Crippen LogP contribution >= 0.6 is 0 Å². The number of rotatable bonds is 6. The van der Waals surface area contributed by atoms with E-state index in [0.29, 0.717) is 0 Å². The van der Waals surface area contributed by atoms with E-state index < -0.39 is 5.41 Å². The molecule has 0 radical (unpaired) electrons. The number of fused-ring (bicyclic) bond motifs is 1. The summed E-state index contributed by atoms with van der Waals surface area (Å²) in [5, 5.41) is 3.70. The molecule has 4 heteroatoms. The number of amides is 1. The third-order valence-electron chi connectivity index (χ3n) is 4.97. The molecular formula is C21H27N3O. The molecule has 1 atom stereocenters. The summed E-state index contributed by atoms with van der Waals surface area (Å²) in [6, 6.07) is 18.4. The first-order valence-corrected chi connectivity index (χ1v) is 8.80. The van der Waals surface area contributed by atoms with Crippen LogP contribution in [0.25, 0.3) is 0 Å². The fraction of sp³-hybridized carbons (Fsp3) is 0.381. The van der Waals surface area contributed by atoms with Crippen molar-refractivity contribution in [2.45, 2.75) is 18.3 Å². The van der Waals surface area contributed by atoms with Gasteiger partial charge in [-0.3, -0.25) is 4.79 Å². The highest BCUT2D eigenvalue weighted by atomic mass is 16.2. The predicted molar refractivity (Wildman–Crippen MR) is 103 cm³/mol. The zero-order valence-electron chi connectivity index (χ0n) is 15.6. The average Bonchev–Trinajstić information content (AvgIpc) is 2.85. The quantitative estimate of drug-likeness (QED) is 0.810. The molecule has 4 nitrogen and oxygen atoms in total. The average molecular weight is 337 g/mol. The number of carbonyl (C=O) groups is 1. The zero-order chi connectivity index (χ0) is 18.0. The molecule has 1 aliphatic heterocycles. The van der Waals surface area contributed by atoms with Crippen molar-refractivity contribution in [1.82, 2.24) is 9.91 Å². The van der Waals surface area contributed by atoms with Crippen molar-refractivity contribution in [2.24, 2.45) is 0 Å². The summed E-state index contributed by atoms with van der Waals surface area (Å²) in [6.45, 7) is 0.964. The summed E-state index contributed by atoms with van der Waals surface area (Å²) in [7, 11) is 8.00. The van der Waals surface area contributed by atoms with Crippen molar-refractivity contribution in [3.63, 3.8) is 0 Å². The Morgan fingerprint density at radius 2 is 1.56 bits per heavy atom. The number of carbonyl (C=O) groups excluding carboxylic acids is 1. The highest BCUT2D eigenvalue weighted by Crippen LogP contribution is 2.49. The largest absolute Gasteiger partial charge is 0.309 e. The van der Waals surface area contributed by atoms with E-state index in [4.69, 9.17) is 0 Å². The molecule has 2 aromatic carbocycles. The SMILES string of the molecule is CN(C)CCC[C@]1(c2ccccc2)C(=O)N(N(C)C)c2ccccc21. The van der Waals surface area contributed by atoms with Crippen molar-refractivity contribution in [3.05, 3.63) is 65.7 Å². The number of para-hydroxylation sites is 1. The second-order valence-electron chi connectivity index (χ2n) is 7.16. The van der Waals surface area contributed by atoms with Gasteiger partial charge in [-0.25, -0.2) is 10.0 Å². The number of anilines is 1. The van der Waals surface area contributed by atoms with Crippen LogP contribution in [0.5, 0.6) is 0 Å². The number of hydrazine groups is 1. The van der Waals surface area contributed by atoms with Crippen LogP contribution in [-0.4, -0.2) is 50.6 Å². The van der Waals surface area contributed by atoms with Crippen LogP contribution in [0.1, 0.15) is 24.0 Å². The Hall–Kier alpha value is -2.17. The van der Waals surface area contributed by atoms with Crippen LogP contribution in [0.4, 0.5) is 5.69 Å². The van der Waals surface area contributed by atoms with Gasteiger partial charge in [-0.15, -0.1) is 0 Å². The van der Waals surface area contributed by atoms with Gasteiger partial charge in [-0.2, -0.15) is 0 Å². The van der Waals surface area contributed by atoms with E-state index in [-0.39, 0.29) is 5.91 Å². The monoisotopic (exact) mass is 337 g/mol. The van der Waals surface area contributed by atoms with Gasteiger partial charge in [0.2, 0.25) is 0 Å². The lowest BCUT2D eigenvalue weighted by atomic mass is 9.72. The fourth-order valence-corrected chi connectivity index (χ4v) is 3.87. The van der Waals surface area contributed by atoms with E-state index in [1.807, 2.05) is 60.5 Å². The maximum Gasteiger partial charge on any atom is 0.256 e. The Kier molecular flexibility index (Phi) is 4.93. The van der Waals surface area contributed by atoms with Gasteiger partial charge in [-0.1, -0.05) is 48.5 Å². The minimum absolute atomic E-state index is 0.142. The summed E-state index contributed by atoms with van der Waals surface area (Å²) in [4.78, 5) is 15.8. The Bertz CT molecular complexity index is 742. The van der Waals surface area contributed by atoms with Crippen molar-refractivity contribution in [2.75, 3.05) is 39.7 Å². The lowest BCUT2D eigenvalue weighted by Gasteiger charge is -2.31. The Balaban J connectivity index is 2.15. The van der Waals surface area contributed by atoms with Crippen molar-refractivity contribution in [3.8, 4) is 0 Å². The minimum atomic E-state index is -0.613. The number of nitrogens with zero attached hydrogens (tertiary/aromatic N) is 3. The fourth-order valence-electron chi connectivity index (χ4n) is 3.87. The summed E-state index contributed by atoms with van der Waals surface area (Å²) in [5.74, 6) is 0.142. The molecule has 1 aliphatic rings. The van der Waals surface area contributed by atoms with Gasteiger partial charge in [0.25, 0.3) is 5.91 Å². The lowest BCUT2D eigenvalue weighted by Crippen LogP contribution is -2.47. The van der Waals surface area contributed by atoms with Gasteiger partial charge in [-0.05, 0) is 50.7 Å². The third kappa shape index (κ3) is 2.96. The van der Waals surface area contributed by atoms with E-state index in [1.54, 1.807) is 0 Å². The standard InChI is InChI=1S/C21H27N3O/c1-22(2)16-10-15-21(17-11-6-5-7-12-17)18-13-8-9-14-19(18)24(20(21)25)23(3)4/h5-9,11-14H,10,15-16H2,1-4H3/t21-/m1/s1. The molecular weight excluding hydrogens is 310 g/mol. The van der Waals surface area contributed by atoms with Gasteiger partial charge in [0.05, 0.1) is 5.69 Å². The molecule has 0 aliphatic carbocycles. The predicted octanol–water partition coefficient (Wildman–Crippen LogP) is 3.14. The van der Waals surface area contributed by atoms with E-state index in [2.05, 4.69) is 37.2 Å². The van der Waals surface area contributed by atoms with Gasteiger partial charge in [0.15, 0.2) is 0 Å². The van der Waals surface area contributed by atoms with Gasteiger partial charge < -0.3 is 4.90 Å². The van der Waals surface area contributed by atoms with E-state index in [0.717, 1.165) is 36.2 Å². The zero-order valence-corrected chi connectivity index (χ0v) is 15.6. The summed E-state index contributed by atoms with van der Waals surface area (Å²) < 4.78 is 0. The lowest BCUT2D eigenvalue weighted by molar-refractivity contribution is -0.124. The molecule has 132 valence electrons. The first-order chi connectivity index (χ1) is 12.0. The number of benzene rings is 2. The van der Waals surface area contributed by atoms with E-state index in [1.165, 1.54) is 0 Å². The van der Waals surface area contributed by atoms with Crippen LogP contribution in [0.15, 0.2) is 54.6 Å². The van der Waals surface area contributed by atoms with Crippen LogP contribution in [0.3, 0.4) is 0 Å². The van der Waals surface area contributed by atoms with Crippen LogP contribution < -0.4 is 5.01 Å². The third-order valence-corrected chi connectivity index (χ3v) is 4.97. The molecule has 0 fully saturated rings. The second kappa shape index (κ2) is 6.98. The highest BCUT2D eigenvalue weighted by molar-refractivity contribution is 6.09. The molecule has 0 bridgehead atoms. The summed E-state index contributed by atoms with van der Waals surface area (Å²) in [5.41, 5.74) is 2.57. The van der Waals surface area contributed by atoms with Crippen molar-refractivity contribution in [1.29, 1.82) is 0 Å². The molecule has 2 aromatic rings. The maximum atomic E-state index is 13.7. The molecule has 25 heavy (non-hydrogen) atoms. The molecule has 3 rings (SSSR count). The Labute approximate surface area is 150 Å². The van der Waals surface area contributed by atoms with E-state index >= 15 is 0 Å². The Morgan fingerprint density at radius 1 is 0.920 bits per heavy atom. The molecule has 0 saturated carbocycles. The van der Waals surface area contributed by atoms with E-state index in [9.17, 15) is 4.79 Å². The van der Waals surface area contributed by atoms with Crippen LogP contribution in [0, 0.1) is 0 Å². The smallest absolute Gasteiger partial charge is 0.256 e. The van der Waals surface area contributed by atoms with Crippen LogP contribution in [0.2, 0.25) is 0 Å². The first-order valence-electron chi connectivity index (χ1n) is 8.80. The summed E-state index contributed by atoms with van der Waals surface area (Å²) in [6.07, 6.45) is 1.76. The van der Waals surface area contributed by atoms with Crippen LogP contribution in [-0.2, 0) is 10.2 Å². The topological polar surface area (TPSA) is 26.8 Å². The van der Waals surface area contributed by atoms with Gasteiger partial charge in [0.1, 0.15) is 5.41 Å². The normalized spacial score (nSPS) is 19.8. The first kappa shape index (κ1) is 17.6. The molecule has 0 spiro atoms. The van der Waals surface area contributed by atoms with Gasteiger partial charge in [0, 0.05) is 14.1 Å². The summed E-state index contributed by atoms with van der Waals surface area (Å²) >= 11 is 0. The number of hydrogen-bond acceptors (Lipinski definition) is 3. The molecule has 1 amide bonds. The minimum Gasteiger partial charge on any atom is -0.309 e. The number of hydrogen-bond donors (Lipinski definition) is 0. The highest BCUT2D eigenvalue weighted by Gasteiger charge is 2.52. The molecule has 1 heterocycles. The molecule has 0 aromatic heterocycles.